The highest BCUT2D eigenvalue weighted by Crippen LogP contribution is 2.37. The number of aromatic nitrogens is 2. The third-order valence-electron chi connectivity index (χ3n) is 4.78. The first kappa shape index (κ1) is 17.0. The number of amides is 1. The van der Waals surface area contributed by atoms with Crippen molar-refractivity contribution in [2.45, 2.75) is 18.9 Å². The highest BCUT2D eigenvalue weighted by atomic mass is 16.5. The van der Waals surface area contributed by atoms with Crippen molar-refractivity contribution in [3.05, 3.63) is 83.0 Å². The van der Waals surface area contributed by atoms with Crippen LogP contribution < -0.4 is 5.32 Å². The van der Waals surface area contributed by atoms with Crippen molar-refractivity contribution in [3.63, 3.8) is 0 Å². The van der Waals surface area contributed by atoms with Gasteiger partial charge in [0.2, 0.25) is 5.91 Å². The van der Waals surface area contributed by atoms with Crippen molar-refractivity contribution in [3.8, 4) is 0 Å². The minimum atomic E-state index is -0.392. The molecule has 136 valence electrons. The summed E-state index contributed by atoms with van der Waals surface area (Å²) in [5.74, 6) is 0.106. The van der Waals surface area contributed by atoms with Gasteiger partial charge >= 0.3 is 5.97 Å². The maximum Gasteiger partial charge on any atom is 0.337 e. The number of ether oxygens (including phenoxy) is 1. The molecule has 2 aromatic carbocycles. The Hall–Kier alpha value is -3.41. The number of hydrogen-bond donors (Lipinski definition) is 1. The van der Waals surface area contributed by atoms with E-state index in [0.29, 0.717) is 24.3 Å². The van der Waals surface area contributed by atoms with Gasteiger partial charge in [-0.1, -0.05) is 42.5 Å². The predicted molar refractivity (Wildman–Crippen MR) is 101 cm³/mol. The molecule has 0 spiro atoms. The van der Waals surface area contributed by atoms with Crippen molar-refractivity contribution in [1.29, 1.82) is 0 Å². The second-order valence-corrected chi connectivity index (χ2v) is 6.51. The summed E-state index contributed by atoms with van der Waals surface area (Å²) >= 11 is 0. The van der Waals surface area contributed by atoms with Crippen LogP contribution in [0.3, 0.4) is 0 Å². The third kappa shape index (κ3) is 3.33. The van der Waals surface area contributed by atoms with E-state index in [9.17, 15) is 9.59 Å². The number of carbonyl (C=O) groups is 2. The van der Waals surface area contributed by atoms with E-state index in [4.69, 9.17) is 4.74 Å². The van der Waals surface area contributed by atoms with Gasteiger partial charge in [-0.15, -0.1) is 0 Å². The van der Waals surface area contributed by atoms with Gasteiger partial charge in [0.05, 0.1) is 25.4 Å². The molecule has 0 aliphatic carbocycles. The molecule has 0 bridgehead atoms. The fraction of sp³-hybridized carbons (Fsp3) is 0.190. The lowest BCUT2D eigenvalue weighted by Crippen LogP contribution is -2.25. The molecule has 3 aromatic rings. The summed E-state index contributed by atoms with van der Waals surface area (Å²) in [7, 11) is 1.36. The molecule has 2 heterocycles. The molecular weight excluding hydrogens is 342 g/mol. The van der Waals surface area contributed by atoms with Crippen molar-refractivity contribution >= 4 is 17.7 Å². The Balaban J connectivity index is 1.70. The van der Waals surface area contributed by atoms with E-state index in [1.807, 2.05) is 42.5 Å². The molecule has 6 nitrogen and oxygen atoms in total. The van der Waals surface area contributed by atoms with Crippen molar-refractivity contribution in [2.24, 2.45) is 0 Å². The summed E-state index contributed by atoms with van der Waals surface area (Å²) in [6.45, 7) is 0.575. The van der Waals surface area contributed by atoms with Crippen molar-refractivity contribution in [1.82, 2.24) is 9.78 Å². The second kappa shape index (κ2) is 7.07. The smallest absolute Gasteiger partial charge is 0.337 e. The molecule has 4 rings (SSSR count). The van der Waals surface area contributed by atoms with Crippen LogP contribution in [0.4, 0.5) is 5.82 Å². The van der Waals surface area contributed by atoms with Gasteiger partial charge in [-0.05, 0) is 23.3 Å². The zero-order chi connectivity index (χ0) is 18.8. The normalized spacial score (nSPS) is 15.7. The number of rotatable bonds is 4. The summed E-state index contributed by atoms with van der Waals surface area (Å²) in [6, 6.07) is 17.2. The number of fused-ring (bicyclic) bond motifs is 1. The molecule has 1 aliphatic heterocycles. The topological polar surface area (TPSA) is 73.2 Å². The quantitative estimate of drug-likeness (QED) is 0.725. The minimum absolute atomic E-state index is 0.0641. The summed E-state index contributed by atoms with van der Waals surface area (Å²) in [5.41, 5.74) is 3.42. The second-order valence-electron chi connectivity index (χ2n) is 6.51. The number of benzene rings is 2. The zero-order valence-electron chi connectivity index (χ0n) is 14.9. The third-order valence-corrected chi connectivity index (χ3v) is 4.78. The van der Waals surface area contributed by atoms with E-state index in [2.05, 4.69) is 10.4 Å². The monoisotopic (exact) mass is 361 g/mol. The van der Waals surface area contributed by atoms with Crippen molar-refractivity contribution < 1.29 is 14.3 Å². The van der Waals surface area contributed by atoms with Crippen LogP contribution in [0.15, 0.2) is 60.8 Å². The summed E-state index contributed by atoms with van der Waals surface area (Å²) < 4.78 is 6.61. The first-order valence-electron chi connectivity index (χ1n) is 8.73. The molecule has 1 atom stereocenters. The van der Waals surface area contributed by atoms with Crippen LogP contribution in [0.5, 0.6) is 0 Å². The van der Waals surface area contributed by atoms with Gasteiger partial charge in [-0.25, -0.2) is 9.48 Å². The number of carbonyl (C=O) groups excluding carboxylic acids is 2. The summed E-state index contributed by atoms with van der Waals surface area (Å²) in [5, 5.41) is 7.43. The van der Waals surface area contributed by atoms with Crippen LogP contribution in [0.25, 0.3) is 0 Å². The Morgan fingerprint density at radius 1 is 1.22 bits per heavy atom. The highest BCUT2D eigenvalue weighted by Gasteiger charge is 2.30. The fourth-order valence-corrected chi connectivity index (χ4v) is 3.44. The van der Waals surface area contributed by atoms with E-state index in [-0.39, 0.29) is 11.8 Å². The molecular formula is C21H19N3O3. The summed E-state index contributed by atoms with van der Waals surface area (Å²) in [4.78, 5) is 24.2. The van der Waals surface area contributed by atoms with E-state index >= 15 is 0 Å². The first-order valence-corrected chi connectivity index (χ1v) is 8.73. The van der Waals surface area contributed by atoms with Gasteiger partial charge in [-0.2, -0.15) is 5.10 Å². The molecule has 0 radical (unpaired) electrons. The van der Waals surface area contributed by atoms with E-state index in [1.54, 1.807) is 23.0 Å². The molecule has 1 aliphatic rings. The van der Waals surface area contributed by atoms with Crippen LogP contribution in [0.1, 0.15) is 39.4 Å². The van der Waals surface area contributed by atoms with Gasteiger partial charge in [0.1, 0.15) is 5.82 Å². The maximum atomic E-state index is 12.3. The number of methoxy groups -OCH3 is 1. The minimum Gasteiger partial charge on any atom is -0.465 e. The van der Waals surface area contributed by atoms with Crippen LogP contribution in [-0.2, 0) is 16.1 Å². The van der Waals surface area contributed by atoms with Crippen LogP contribution in [0, 0.1) is 0 Å². The molecule has 1 unspecified atom stereocenters. The first-order chi connectivity index (χ1) is 13.2. The largest absolute Gasteiger partial charge is 0.465 e. The Bertz CT molecular complexity index is 995. The number of anilines is 1. The molecule has 0 saturated carbocycles. The SMILES string of the molecule is COC(=O)c1cccc(C2CC(=O)Nc3c2cnn3Cc2ccccc2)c1. The summed E-state index contributed by atoms with van der Waals surface area (Å²) in [6.07, 6.45) is 2.11. The number of hydrogen-bond acceptors (Lipinski definition) is 4. The molecule has 1 aromatic heterocycles. The molecule has 0 saturated heterocycles. The Morgan fingerprint density at radius 3 is 2.81 bits per heavy atom. The molecule has 1 amide bonds. The average Bonchev–Trinajstić information content (AvgIpc) is 3.10. The van der Waals surface area contributed by atoms with Gasteiger partial charge in [0.15, 0.2) is 0 Å². The molecule has 27 heavy (non-hydrogen) atoms. The average molecular weight is 361 g/mol. The lowest BCUT2D eigenvalue weighted by molar-refractivity contribution is -0.116. The molecule has 1 N–H and O–H groups in total. The van der Waals surface area contributed by atoms with E-state index in [1.165, 1.54) is 7.11 Å². The predicted octanol–water partition coefficient (Wildman–Crippen LogP) is 3.19. The number of nitrogens with zero attached hydrogens (tertiary/aromatic N) is 2. The molecule has 0 fully saturated rings. The van der Waals surface area contributed by atoms with Gasteiger partial charge < -0.3 is 10.1 Å². The van der Waals surface area contributed by atoms with Crippen LogP contribution in [-0.4, -0.2) is 28.8 Å². The fourth-order valence-electron chi connectivity index (χ4n) is 3.44. The van der Waals surface area contributed by atoms with Crippen LogP contribution in [0.2, 0.25) is 0 Å². The number of nitrogens with one attached hydrogen (secondary N) is 1. The Morgan fingerprint density at radius 2 is 2.04 bits per heavy atom. The maximum absolute atomic E-state index is 12.3. The number of esters is 1. The lowest BCUT2D eigenvalue weighted by Gasteiger charge is -2.24. The standard InChI is InChI=1S/C21H19N3O3/c1-27-21(26)16-9-5-8-15(10-16)17-11-19(25)23-20-18(17)12-22-24(20)13-14-6-3-2-4-7-14/h2-10,12,17H,11,13H2,1H3,(H,23,25). The van der Waals surface area contributed by atoms with Gasteiger partial charge in [0, 0.05) is 17.9 Å². The van der Waals surface area contributed by atoms with Crippen LogP contribution >= 0.6 is 0 Å². The van der Waals surface area contributed by atoms with Crippen molar-refractivity contribution in [2.75, 3.05) is 12.4 Å². The zero-order valence-corrected chi connectivity index (χ0v) is 14.9. The van der Waals surface area contributed by atoms with Gasteiger partial charge in [0.25, 0.3) is 0 Å². The van der Waals surface area contributed by atoms with E-state index < -0.39 is 5.97 Å². The Labute approximate surface area is 156 Å². The molecule has 6 heteroatoms. The highest BCUT2D eigenvalue weighted by molar-refractivity contribution is 5.94. The Kier molecular flexibility index (Phi) is 4.46. The van der Waals surface area contributed by atoms with E-state index in [0.717, 1.165) is 16.7 Å². The lowest BCUT2D eigenvalue weighted by atomic mass is 9.86. The van der Waals surface area contributed by atoms with Gasteiger partial charge in [-0.3, -0.25) is 4.79 Å².